The molecule has 1 aliphatic rings. The Morgan fingerprint density at radius 1 is 1.40 bits per heavy atom. The average molecular weight is 215 g/mol. The molecule has 1 fully saturated rings. The van der Waals surface area contributed by atoms with Gasteiger partial charge in [-0.25, -0.2) is 4.79 Å². The van der Waals surface area contributed by atoms with Crippen molar-refractivity contribution >= 4 is 6.09 Å². The lowest BCUT2D eigenvalue weighted by atomic mass is 9.93. The van der Waals surface area contributed by atoms with Crippen molar-refractivity contribution < 1.29 is 14.6 Å². The van der Waals surface area contributed by atoms with E-state index in [2.05, 4.69) is 5.32 Å². The minimum Gasteiger partial charge on any atom is -0.444 e. The van der Waals surface area contributed by atoms with E-state index in [1.54, 1.807) is 0 Å². The van der Waals surface area contributed by atoms with Crippen molar-refractivity contribution in [3.63, 3.8) is 0 Å². The molecule has 0 unspecified atom stereocenters. The van der Waals surface area contributed by atoms with E-state index in [9.17, 15) is 9.90 Å². The van der Waals surface area contributed by atoms with Gasteiger partial charge in [0.25, 0.3) is 0 Å². The number of rotatable bonds is 1. The highest BCUT2D eigenvalue weighted by atomic mass is 16.6. The van der Waals surface area contributed by atoms with E-state index < -0.39 is 5.60 Å². The summed E-state index contributed by atoms with van der Waals surface area (Å²) in [6, 6.07) is 0.0589. The number of amides is 1. The number of carbonyl (C=O) groups is 1. The highest BCUT2D eigenvalue weighted by molar-refractivity contribution is 5.68. The first-order valence-electron chi connectivity index (χ1n) is 5.54. The van der Waals surface area contributed by atoms with Crippen molar-refractivity contribution in [2.45, 2.75) is 64.2 Å². The van der Waals surface area contributed by atoms with Crippen LogP contribution in [-0.2, 0) is 4.74 Å². The predicted molar refractivity (Wildman–Crippen MR) is 57.6 cm³/mol. The minimum absolute atomic E-state index is 0.0589. The van der Waals surface area contributed by atoms with Crippen LogP contribution in [-0.4, -0.2) is 28.9 Å². The van der Waals surface area contributed by atoms with Crippen LogP contribution in [0, 0.1) is 0 Å². The molecule has 1 rings (SSSR count). The number of nitrogens with one attached hydrogen (secondary N) is 1. The van der Waals surface area contributed by atoms with Gasteiger partial charge in [-0.15, -0.1) is 0 Å². The fraction of sp³-hybridized carbons (Fsp3) is 0.909. The Bertz CT molecular complexity index is 222. The molecule has 0 saturated heterocycles. The lowest BCUT2D eigenvalue weighted by molar-refractivity contribution is 0.0451. The minimum atomic E-state index is -0.461. The molecule has 4 nitrogen and oxygen atoms in total. The van der Waals surface area contributed by atoms with E-state index >= 15 is 0 Å². The number of carbonyl (C=O) groups excluding carboxylic acids is 1. The zero-order valence-corrected chi connectivity index (χ0v) is 9.75. The van der Waals surface area contributed by atoms with Crippen LogP contribution in [0.5, 0.6) is 0 Å². The van der Waals surface area contributed by atoms with Gasteiger partial charge in [0.05, 0.1) is 6.10 Å². The molecule has 88 valence electrons. The zero-order chi connectivity index (χ0) is 11.5. The number of aliphatic hydroxyl groups excluding tert-OH is 1. The largest absolute Gasteiger partial charge is 0.444 e. The maximum Gasteiger partial charge on any atom is 0.407 e. The molecule has 0 heterocycles. The van der Waals surface area contributed by atoms with Crippen LogP contribution in [0.25, 0.3) is 0 Å². The third-order valence-corrected chi connectivity index (χ3v) is 2.37. The molecule has 0 radical (unpaired) electrons. The van der Waals surface area contributed by atoms with E-state index in [-0.39, 0.29) is 18.2 Å². The number of aliphatic hydroxyl groups is 1. The third kappa shape index (κ3) is 5.02. The first-order valence-corrected chi connectivity index (χ1v) is 5.54. The summed E-state index contributed by atoms with van der Waals surface area (Å²) >= 11 is 0. The second-order valence-corrected chi connectivity index (χ2v) is 5.16. The Kier molecular flexibility index (Phi) is 3.97. The summed E-state index contributed by atoms with van der Waals surface area (Å²) in [4.78, 5) is 11.4. The number of ether oxygens (including phenoxy) is 1. The first-order chi connectivity index (χ1) is 6.87. The maximum absolute atomic E-state index is 11.4. The summed E-state index contributed by atoms with van der Waals surface area (Å²) in [5.74, 6) is 0. The van der Waals surface area contributed by atoms with Crippen LogP contribution in [0.1, 0.15) is 46.5 Å². The van der Waals surface area contributed by atoms with Gasteiger partial charge in [-0.05, 0) is 46.5 Å². The van der Waals surface area contributed by atoms with Gasteiger partial charge in [0.2, 0.25) is 0 Å². The van der Waals surface area contributed by atoms with Crippen molar-refractivity contribution in [1.82, 2.24) is 5.32 Å². The monoisotopic (exact) mass is 215 g/mol. The van der Waals surface area contributed by atoms with E-state index in [4.69, 9.17) is 4.74 Å². The molecule has 2 atom stereocenters. The van der Waals surface area contributed by atoms with Crippen LogP contribution in [0.4, 0.5) is 4.79 Å². The summed E-state index contributed by atoms with van der Waals surface area (Å²) in [5.41, 5.74) is -0.461. The highest BCUT2D eigenvalue weighted by Gasteiger charge is 2.24. The lowest BCUT2D eigenvalue weighted by Gasteiger charge is -2.28. The number of hydrogen-bond acceptors (Lipinski definition) is 3. The third-order valence-electron chi connectivity index (χ3n) is 2.37. The molecule has 1 amide bonds. The SMILES string of the molecule is CC(C)(C)OC(=O)N[C@@H]1CCC[C@@H](O)C1. The summed E-state index contributed by atoms with van der Waals surface area (Å²) in [6.45, 7) is 5.51. The van der Waals surface area contributed by atoms with Crippen molar-refractivity contribution in [3.05, 3.63) is 0 Å². The molecule has 1 saturated carbocycles. The van der Waals surface area contributed by atoms with Gasteiger partial charge < -0.3 is 15.2 Å². The Morgan fingerprint density at radius 3 is 2.60 bits per heavy atom. The smallest absolute Gasteiger partial charge is 0.407 e. The standard InChI is InChI=1S/C11H21NO3/c1-11(2,3)15-10(14)12-8-5-4-6-9(13)7-8/h8-9,13H,4-7H2,1-3H3,(H,12,14)/t8-,9-/m1/s1. The van der Waals surface area contributed by atoms with Crippen LogP contribution >= 0.6 is 0 Å². The molecule has 0 aromatic carbocycles. The molecular weight excluding hydrogens is 194 g/mol. The molecule has 0 spiro atoms. The second-order valence-electron chi connectivity index (χ2n) is 5.16. The molecule has 0 aromatic heterocycles. The molecular formula is C11H21NO3. The molecule has 2 N–H and O–H groups in total. The molecule has 4 heteroatoms. The fourth-order valence-corrected chi connectivity index (χ4v) is 1.77. The van der Waals surface area contributed by atoms with E-state index in [0.29, 0.717) is 6.42 Å². The zero-order valence-electron chi connectivity index (χ0n) is 9.75. The highest BCUT2D eigenvalue weighted by Crippen LogP contribution is 2.18. The van der Waals surface area contributed by atoms with E-state index in [1.165, 1.54) is 0 Å². The lowest BCUT2D eigenvalue weighted by Crippen LogP contribution is -2.42. The van der Waals surface area contributed by atoms with Crippen molar-refractivity contribution in [3.8, 4) is 0 Å². The van der Waals surface area contributed by atoms with Gasteiger partial charge in [-0.3, -0.25) is 0 Å². The van der Waals surface area contributed by atoms with E-state index in [0.717, 1.165) is 19.3 Å². The molecule has 1 aliphatic carbocycles. The summed E-state index contributed by atoms with van der Waals surface area (Å²) in [6.07, 6.45) is 2.70. The van der Waals surface area contributed by atoms with Gasteiger partial charge in [0.1, 0.15) is 5.60 Å². The van der Waals surface area contributed by atoms with Crippen LogP contribution in [0.3, 0.4) is 0 Å². The molecule has 0 aliphatic heterocycles. The summed E-state index contributed by atoms with van der Waals surface area (Å²) < 4.78 is 5.14. The van der Waals surface area contributed by atoms with Crippen LogP contribution < -0.4 is 5.32 Å². The Morgan fingerprint density at radius 2 is 2.07 bits per heavy atom. The molecule has 0 bridgehead atoms. The van der Waals surface area contributed by atoms with Crippen LogP contribution in [0.15, 0.2) is 0 Å². The van der Waals surface area contributed by atoms with Gasteiger partial charge in [-0.2, -0.15) is 0 Å². The average Bonchev–Trinajstić information content (AvgIpc) is 1.99. The van der Waals surface area contributed by atoms with Gasteiger partial charge in [0.15, 0.2) is 0 Å². The normalized spacial score (nSPS) is 27.2. The molecule has 15 heavy (non-hydrogen) atoms. The van der Waals surface area contributed by atoms with Gasteiger partial charge in [0, 0.05) is 6.04 Å². The Labute approximate surface area is 91.0 Å². The van der Waals surface area contributed by atoms with Crippen molar-refractivity contribution in [1.29, 1.82) is 0 Å². The number of alkyl carbamates (subject to hydrolysis) is 1. The van der Waals surface area contributed by atoms with Crippen molar-refractivity contribution in [2.75, 3.05) is 0 Å². The van der Waals surface area contributed by atoms with Crippen molar-refractivity contribution in [2.24, 2.45) is 0 Å². The molecule has 0 aromatic rings. The van der Waals surface area contributed by atoms with E-state index in [1.807, 2.05) is 20.8 Å². The second kappa shape index (κ2) is 4.84. The topological polar surface area (TPSA) is 58.6 Å². The van der Waals surface area contributed by atoms with Gasteiger partial charge >= 0.3 is 6.09 Å². The fourth-order valence-electron chi connectivity index (χ4n) is 1.77. The van der Waals surface area contributed by atoms with Gasteiger partial charge in [-0.1, -0.05) is 0 Å². The quantitative estimate of drug-likeness (QED) is 0.701. The number of hydrogen-bond donors (Lipinski definition) is 2. The summed E-state index contributed by atoms with van der Waals surface area (Å²) in [5, 5.41) is 12.2. The Balaban J connectivity index is 2.31. The first kappa shape index (κ1) is 12.3. The van der Waals surface area contributed by atoms with Crippen LogP contribution in [0.2, 0.25) is 0 Å². The predicted octanol–water partition coefficient (Wildman–Crippen LogP) is 1.81. The Hall–Kier alpha value is -0.770. The summed E-state index contributed by atoms with van der Waals surface area (Å²) in [7, 11) is 0. The maximum atomic E-state index is 11.4.